The Morgan fingerprint density at radius 3 is 2.77 bits per heavy atom. The Hall–Kier alpha value is -0.370. The van der Waals surface area contributed by atoms with Crippen molar-refractivity contribution in [1.29, 1.82) is 0 Å². The maximum Gasteiger partial charge on any atom is 0.138 e. The van der Waals surface area contributed by atoms with Crippen LogP contribution in [0.2, 0.25) is 0 Å². The Balaban J connectivity index is 2.53. The highest BCUT2D eigenvalue weighted by atomic mass is 16.3. The summed E-state index contributed by atoms with van der Waals surface area (Å²) in [7, 11) is 0. The normalized spacial score (nSPS) is 28.5. The lowest BCUT2D eigenvalue weighted by Gasteiger charge is -2.28. The van der Waals surface area contributed by atoms with Crippen molar-refractivity contribution in [3.8, 4) is 0 Å². The Bertz CT molecular complexity index is 177. The van der Waals surface area contributed by atoms with E-state index in [1.807, 2.05) is 6.92 Å². The van der Waals surface area contributed by atoms with Crippen LogP contribution in [0.1, 0.15) is 46.0 Å². The molecule has 1 aliphatic carbocycles. The summed E-state index contributed by atoms with van der Waals surface area (Å²) in [4.78, 5) is 11.5. The van der Waals surface area contributed by atoms with E-state index in [2.05, 4.69) is 6.92 Å². The minimum absolute atomic E-state index is 0.0660. The molecule has 0 spiro atoms. The van der Waals surface area contributed by atoms with E-state index in [0.717, 1.165) is 25.7 Å². The van der Waals surface area contributed by atoms with Crippen LogP contribution in [0.15, 0.2) is 0 Å². The predicted octanol–water partition coefficient (Wildman–Crippen LogP) is 2.15. The molecule has 0 radical (unpaired) electrons. The van der Waals surface area contributed by atoms with Crippen molar-refractivity contribution in [2.24, 2.45) is 11.8 Å². The van der Waals surface area contributed by atoms with Crippen LogP contribution in [-0.4, -0.2) is 17.0 Å². The van der Waals surface area contributed by atoms with E-state index in [1.165, 1.54) is 0 Å². The summed E-state index contributed by atoms with van der Waals surface area (Å²) in [5.41, 5.74) is 0. The number of aliphatic hydroxyl groups excluding tert-OH is 1. The summed E-state index contributed by atoms with van der Waals surface area (Å²) >= 11 is 0. The third-order valence-electron chi connectivity index (χ3n) is 3.24. The van der Waals surface area contributed by atoms with Crippen molar-refractivity contribution < 1.29 is 9.90 Å². The summed E-state index contributed by atoms with van der Waals surface area (Å²) in [6, 6.07) is 0. The smallest absolute Gasteiger partial charge is 0.138 e. The monoisotopic (exact) mass is 184 g/mol. The van der Waals surface area contributed by atoms with Gasteiger partial charge in [0.05, 0.1) is 6.10 Å². The van der Waals surface area contributed by atoms with Crippen molar-refractivity contribution in [3.63, 3.8) is 0 Å². The van der Waals surface area contributed by atoms with E-state index in [4.69, 9.17) is 0 Å². The highest BCUT2D eigenvalue weighted by molar-refractivity contribution is 5.82. The van der Waals surface area contributed by atoms with Crippen LogP contribution >= 0.6 is 0 Å². The zero-order valence-corrected chi connectivity index (χ0v) is 8.62. The first-order chi connectivity index (χ1) is 6.16. The van der Waals surface area contributed by atoms with Crippen LogP contribution in [-0.2, 0) is 4.79 Å². The fourth-order valence-electron chi connectivity index (χ4n) is 2.01. The van der Waals surface area contributed by atoms with Gasteiger partial charge >= 0.3 is 0 Å². The molecule has 1 fully saturated rings. The number of hydrogen-bond donors (Lipinski definition) is 1. The minimum Gasteiger partial charge on any atom is -0.392 e. The third-order valence-corrected chi connectivity index (χ3v) is 3.24. The van der Waals surface area contributed by atoms with Gasteiger partial charge in [-0.05, 0) is 18.8 Å². The first-order valence-corrected chi connectivity index (χ1v) is 5.37. The van der Waals surface area contributed by atoms with Crippen LogP contribution in [0.5, 0.6) is 0 Å². The molecule has 0 aromatic rings. The summed E-state index contributed by atoms with van der Waals surface area (Å²) < 4.78 is 0. The Labute approximate surface area is 80.3 Å². The SMILES string of the molecule is CCC(C)C(O)C1CCCCC1=O. The molecule has 0 saturated heterocycles. The van der Waals surface area contributed by atoms with E-state index in [0.29, 0.717) is 6.42 Å². The molecule has 0 heterocycles. The molecule has 13 heavy (non-hydrogen) atoms. The average molecular weight is 184 g/mol. The van der Waals surface area contributed by atoms with E-state index < -0.39 is 6.10 Å². The molecule has 1 N–H and O–H groups in total. The molecule has 1 aliphatic rings. The topological polar surface area (TPSA) is 37.3 Å². The molecule has 1 rings (SSSR count). The molecule has 2 heteroatoms. The molecule has 2 nitrogen and oxygen atoms in total. The van der Waals surface area contributed by atoms with Gasteiger partial charge in [0.25, 0.3) is 0 Å². The van der Waals surface area contributed by atoms with Crippen molar-refractivity contribution in [3.05, 3.63) is 0 Å². The number of hydrogen-bond acceptors (Lipinski definition) is 2. The van der Waals surface area contributed by atoms with E-state index in [-0.39, 0.29) is 17.6 Å². The van der Waals surface area contributed by atoms with Gasteiger partial charge in [0.15, 0.2) is 0 Å². The van der Waals surface area contributed by atoms with Gasteiger partial charge in [0, 0.05) is 12.3 Å². The van der Waals surface area contributed by atoms with Gasteiger partial charge in [0.2, 0.25) is 0 Å². The minimum atomic E-state index is -0.405. The fourth-order valence-corrected chi connectivity index (χ4v) is 2.01. The van der Waals surface area contributed by atoms with Gasteiger partial charge < -0.3 is 5.11 Å². The summed E-state index contributed by atoms with van der Waals surface area (Å²) in [5, 5.41) is 9.89. The van der Waals surface area contributed by atoms with Gasteiger partial charge in [-0.3, -0.25) is 4.79 Å². The molecule has 0 aliphatic heterocycles. The number of carbonyl (C=O) groups excluding carboxylic acids is 1. The maximum absolute atomic E-state index is 11.5. The molecule has 0 amide bonds. The molecular weight excluding hydrogens is 164 g/mol. The third kappa shape index (κ3) is 2.53. The first kappa shape index (κ1) is 10.7. The summed E-state index contributed by atoms with van der Waals surface area (Å²) in [5.74, 6) is 0.467. The molecular formula is C11H20O2. The lowest BCUT2D eigenvalue weighted by atomic mass is 9.79. The summed E-state index contributed by atoms with van der Waals surface area (Å²) in [6.45, 7) is 4.08. The van der Waals surface area contributed by atoms with E-state index in [1.54, 1.807) is 0 Å². The lowest BCUT2D eigenvalue weighted by molar-refractivity contribution is -0.129. The zero-order chi connectivity index (χ0) is 9.84. The molecule has 3 unspecified atom stereocenters. The van der Waals surface area contributed by atoms with E-state index >= 15 is 0 Å². The zero-order valence-electron chi connectivity index (χ0n) is 8.62. The number of carbonyl (C=O) groups is 1. The lowest BCUT2D eigenvalue weighted by Crippen LogP contribution is -2.35. The number of ketones is 1. The Kier molecular flexibility index (Phi) is 3.91. The summed E-state index contributed by atoms with van der Waals surface area (Å²) in [6.07, 6.45) is 4.23. The van der Waals surface area contributed by atoms with Crippen molar-refractivity contribution >= 4 is 5.78 Å². The molecule has 0 aromatic heterocycles. The van der Waals surface area contributed by atoms with E-state index in [9.17, 15) is 9.90 Å². The molecule has 0 bridgehead atoms. The molecule has 3 atom stereocenters. The average Bonchev–Trinajstić information content (AvgIpc) is 2.16. The van der Waals surface area contributed by atoms with Crippen molar-refractivity contribution in [2.75, 3.05) is 0 Å². The Morgan fingerprint density at radius 2 is 2.23 bits per heavy atom. The first-order valence-electron chi connectivity index (χ1n) is 5.37. The highest BCUT2D eigenvalue weighted by Gasteiger charge is 2.31. The number of aliphatic hydroxyl groups is 1. The highest BCUT2D eigenvalue weighted by Crippen LogP contribution is 2.27. The van der Waals surface area contributed by atoms with Gasteiger partial charge in [-0.2, -0.15) is 0 Å². The van der Waals surface area contributed by atoms with Gasteiger partial charge in [0.1, 0.15) is 5.78 Å². The van der Waals surface area contributed by atoms with Crippen LogP contribution < -0.4 is 0 Å². The predicted molar refractivity (Wildman–Crippen MR) is 52.4 cm³/mol. The van der Waals surface area contributed by atoms with Crippen LogP contribution in [0.25, 0.3) is 0 Å². The quantitative estimate of drug-likeness (QED) is 0.729. The standard InChI is InChI=1S/C11H20O2/c1-3-8(2)11(13)9-6-4-5-7-10(9)12/h8-9,11,13H,3-7H2,1-2H3. The van der Waals surface area contributed by atoms with Gasteiger partial charge in [-0.15, -0.1) is 0 Å². The van der Waals surface area contributed by atoms with Gasteiger partial charge in [-0.1, -0.05) is 26.7 Å². The van der Waals surface area contributed by atoms with Crippen molar-refractivity contribution in [2.45, 2.75) is 52.1 Å². The second-order valence-corrected chi connectivity index (χ2v) is 4.19. The van der Waals surface area contributed by atoms with Crippen molar-refractivity contribution in [1.82, 2.24) is 0 Å². The second kappa shape index (κ2) is 4.75. The van der Waals surface area contributed by atoms with Crippen LogP contribution in [0, 0.1) is 11.8 Å². The maximum atomic E-state index is 11.5. The molecule has 0 aromatic carbocycles. The number of rotatable bonds is 3. The van der Waals surface area contributed by atoms with Crippen LogP contribution in [0.4, 0.5) is 0 Å². The fraction of sp³-hybridized carbons (Fsp3) is 0.909. The molecule has 76 valence electrons. The largest absolute Gasteiger partial charge is 0.392 e. The Morgan fingerprint density at radius 1 is 1.54 bits per heavy atom. The number of Topliss-reactive ketones (excluding diaryl/α,β-unsaturated/α-hetero) is 1. The van der Waals surface area contributed by atoms with Gasteiger partial charge in [-0.25, -0.2) is 0 Å². The van der Waals surface area contributed by atoms with Crippen LogP contribution in [0.3, 0.4) is 0 Å². The molecule has 1 saturated carbocycles. The second-order valence-electron chi connectivity index (χ2n) is 4.19.